The van der Waals surface area contributed by atoms with E-state index in [2.05, 4.69) is 12.2 Å². The molecule has 0 aliphatic heterocycles. The molecule has 0 heterocycles. The molecule has 2 atom stereocenters. The Balaban J connectivity index is 2.95. The van der Waals surface area contributed by atoms with Crippen molar-refractivity contribution in [1.29, 1.82) is 0 Å². The van der Waals surface area contributed by atoms with E-state index in [-0.39, 0.29) is 23.7 Å². The van der Waals surface area contributed by atoms with Gasteiger partial charge in [0.1, 0.15) is 0 Å². The number of hydrogen-bond acceptors (Lipinski definition) is 3. The van der Waals surface area contributed by atoms with E-state index in [9.17, 15) is 4.39 Å². The van der Waals surface area contributed by atoms with Crippen LogP contribution in [-0.4, -0.2) is 26.9 Å². The van der Waals surface area contributed by atoms with Gasteiger partial charge in [0.2, 0.25) is 0 Å². The standard InChI is InChI=1S/C15H24FNO2/c1-5-9-17-13(10-11(2)18-3)12-7-6-8-14(19-4)15(12)16/h6-8,11,13,17H,5,9-10H2,1-4H3. The molecule has 3 nitrogen and oxygen atoms in total. The molecule has 0 spiro atoms. The van der Waals surface area contributed by atoms with Crippen molar-refractivity contribution in [3.8, 4) is 5.75 Å². The summed E-state index contributed by atoms with van der Waals surface area (Å²) in [6.07, 6.45) is 1.80. The highest BCUT2D eigenvalue weighted by molar-refractivity contribution is 5.33. The minimum atomic E-state index is -0.290. The van der Waals surface area contributed by atoms with E-state index in [4.69, 9.17) is 9.47 Å². The first kappa shape index (κ1) is 15.9. The Labute approximate surface area is 115 Å². The predicted octanol–water partition coefficient (Wildman–Crippen LogP) is 3.30. The minimum Gasteiger partial charge on any atom is -0.494 e. The van der Waals surface area contributed by atoms with Gasteiger partial charge in [-0.05, 0) is 32.4 Å². The van der Waals surface area contributed by atoms with Crippen molar-refractivity contribution in [3.63, 3.8) is 0 Å². The van der Waals surface area contributed by atoms with Crippen LogP contribution in [0.4, 0.5) is 4.39 Å². The largest absolute Gasteiger partial charge is 0.494 e. The average molecular weight is 269 g/mol. The van der Waals surface area contributed by atoms with Crippen molar-refractivity contribution < 1.29 is 13.9 Å². The molecule has 108 valence electrons. The first-order valence-electron chi connectivity index (χ1n) is 6.72. The summed E-state index contributed by atoms with van der Waals surface area (Å²) in [6, 6.07) is 5.18. The minimum absolute atomic E-state index is 0.0648. The first-order valence-corrected chi connectivity index (χ1v) is 6.72. The van der Waals surface area contributed by atoms with Crippen LogP contribution in [0.25, 0.3) is 0 Å². The lowest BCUT2D eigenvalue weighted by molar-refractivity contribution is 0.0999. The highest BCUT2D eigenvalue weighted by Gasteiger charge is 2.20. The maximum atomic E-state index is 14.3. The Kier molecular flexibility index (Phi) is 6.81. The second kappa shape index (κ2) is 8.12. The number of benzene rings is 1. The van der Waals surface area contributed by atoms with Gasteiger partial charge in [-0.3, -0.25) is 0 Å². The van der Waals surface area contributed by atoms with Gasteiger partial charge in [0.15, 0.2) is 11.6 Å². The van der Waals surface area contributed by atoms with Crippen LogP contribution in [-0.2, 0) is 4.74 Å². The summed E-state index contributed by atoms with van der Waals surface area (Å²) >= 11 is 0. The van der Waals surface area contributed by atoms with Crippen LogP contribution in [0, 0.1) is 5.82 Å². The molecule has 0 aromatic heterocycles. The SMILES string of the molecule is CCCNC(CC(C)OC)c1cccc(OC)c1F. The molecule has 0 radical (unpaired) electrons. The molecule has 0 saturated heterocycles. The van der Waals surface area contributed by atoms with Gasteiger partial charge in [-0.1, -0.05) is 19.1 Å². The van der Waals surface area contributed by atoms with E-state index >= 15 is 0 Å². The maximum absolute atomic E-state index is 14.3. The summed E-state index contributed by atoms with van der Waals surface area (Å²) in [4.78, 5) is 0. The Morgan fingerprint density at radius 3 is 2.63 bits per heavy atom. The fourth-order valence-corrected chi connectivity index (χ4v) is 2.02. The van der Waals surface area contributed by atoms with E-state index in [0.717, 1.165) is 19.4 Å². The van der Waals surface area contributed by atoms with Crippen LogP contribution in [0.15, 0.2) is 18.2 Å². The quantitative estimate of drug-likeness (QED) is 0.785. The zero-order chi connectivity index (χ0) is 14.3. The molecule has 0 saturated carbocycles. The van der Waals surface area contributed by atoms with Gasteiger partial charge in [-0.2, -0.15) is 0 Å². The van der Waals surface area contributed by atoms with Crippen LogP contribution in [0.5, 0.6) is 5.75 Å². The first-order chi connectivity index (χ1) is 9.13. The van der Waals surface area contributed by atoms with Crippen molar-refractivity contribution >= 4 is 0 Å². The summed E-state index contributed by atoms with van der Waals surface area (Å²) in [7, 11) is 3.15. The van der Waals surface area contributed by atoms with E-state index in [1.807, 2.05) is 13.0 Å². The lowest BCUT2D eigenvalue weighted by atomic mass is 10.00. The van der Waals surface area contributed by atoms with Crippen LogP contribution in [0.3, 0.4) is 0 Å². The second-order valence-corrected chi connectivity index (χ2v) is 4.65. The van der Waals surface area contributed by atoms with E-state index < -0.39 is 0 Å². The van der Waals surface area contributed by atoms with Gasteiger partial charge in [0, 0.05) is 18.7 Å². The average Bonchev–Trinajstić information content (AvgIpc) is 2.43. The Bertz CT molecular complexity index is 384. The fourth-order valence-electron chi connectivity index (χ4n) is 2.02. The zero-order valence-electron chi connectivity index (χ0n) is 12.2. The van der Waals surface area contributed by atoms with Gasteiger partial charge < -0.3 is 14.8 Å². The molecule has 0 aliphatic rings. The normalized spacial score (nSPS) is 14.2. The van der Waals surface area contributed by atoms with E-state index in [1.54, 1.807) is 19.2 Å². The van der Waals surface area contributed by atoms with Crippen molar-refractivity contribution in [3.05, 3.63) is 29.6 Å². The molecule has 2 unspecified atom stereocenters. The Hall–Kier alpha value is -1.13. The summed E-state index contributed by atoms with van der Waals surface area (Å²) in [5.74, 6) is -0.00669. The highest BCUT2D eigenvalue weighted by atomic mass is 19.1. The van der Waals surface area contributed by atoms with Crippen LogP contribution >= 0.6 is 0 Å². The molecule has 0 bridgehead atoms. The molecule has 4 heteroatoms. The van der Waals surface area contributed by atoms with Crippen LogP contribution in [0.1, 0.15) is 38.3 Å². The lowest BCUT2D eigenvalue weighted by Gasteiger charge is -2.23. The van der Waals surface area contributed by atoms with E-state index in [1.165, 1.54) is 7.11 Å². The monoisotopic (exact) mass is 269 g/mol. The fraction of sp³-hybridized carbons (Fsp3) is 0.600. The van der Waals surface area contributed by atoms with E-state index in [0.29, 0.717) is 5.56 Å². The second-order valence-electron chi connectivity index (χ2n) is 4.65. The topological polar surface area (TPSA) is 30.5 Å². The van der Waals surface area contributed by atoms with Gasteiger partial charge in [0.05, 0.1) is 13.2 Å². The summed E-state index contributed by atoms with van der Waals surface area (Å²) in [5, 5.41) is 3.37. The summed E-state index contributed by atoms with van der Waals surface area (Å²) in [6.45, 7) is 4.92. The highest BCUT2D eigenvalue weighted by Crippen LogP contribution is 2.28. The van der Waals surface area contributed by atoms with Gasteiger partial charge in [0.25, 0.3) is 0 Å². The molecule has 0 amide bonds. The van der Waals surface area contributed by atoms with Gasteiger partial charge in [-0.15, -0.1) is 0 Å². The summed E-state index contributed by atoms with van der Waals surface area (Å²) < 4.78 is 24.6. The molecule has 0 fully saturated rings. The molecular formula is C15H24FNO2. The number of halogens is 1. The molecular weight excluding hydrogens is 245 g/mol. The Morgan fingerprint density at radius 1 is 1.32 bits per heavy atom. The smallest absolute Gasteiger partial charge is 0.169 e. The molecule has 0 aliphatic carbocycles. The summed E-state index contributed by atoms with van der Waals surface area (Å²) in [5.41, 5.74) is 0.636. The predicted molar refractivity (Wildman–Crippen MR) is 75.1 cm³/mol. The number of nitrogens with one attached hydrogen (secondary N) is 1. The molecule has 1 N–H and O–H groups in total. The number of methoxy groups -OCH3 is 2. The third kappa shape index (κ3) is 4.48. The third-order valence-electron chi connectivity index (χ3n) is 3.20. The van der Waals surface area contributed by atoms with Crippen molar-refractivity contribution in [1.82, 2.24) is 5.32 Å². The van der Waals surface area contributed by atoms with Crippen molar-refractivity contribution in [2.45, 2.75) is 38.8 Å². The molecule has 1 aromatic rings. The molecule has 1 aromatic carbocycles. The number of rotatable bonds is 8. The Morgan fingerprint density at radius 2 is 2.05 bits per heavy atom. The number of ether oxygens (including phenoxy) is 2. The molecule has 19 heavy (non-hydrogen) atoms. The van der Waals surface area contributed by atoms with Crippen LogP contribution in [0.2, 0.25) is 0 Å². The third-order valence-corrected chi connectivity index (χ3v) is 3.20. The van der Waals surface area contributed by atoms with Crippen molar-refractivity contribution in [2.75, 3.05) is 20.8 Å². The lowest BCUT2D eigenvalue weighted by Crippen LogP contribution is -2.27. The zero-order valence-corrected chi connectivity index (χ0v) is 12.2. The van der Waals surface area contributed by atoms with Crippen LogP contribution < -0.4 is 10.1 Å². The number of hydrogen-bond donors (Lipinski definition) is 1. The van der Waals surface area contributed by atoms with Gasteiger partial charge in [-0.25, -0.2) is 4.39 Å². The van der Waals surface area contributed by atoms with Crippen molar-refractivity contribution in [2.24, 2.45) is 0 Å². The molecule has 1 rings (SSSR count). The maximum Gasteiger partial charge on any atom is 0.169 e. The van der Waals surface area contributed by atoms with Gasteiger partial charge >= 0.3 is 0 Å².